The topological polar surface area (TPSA) is 87.4 Å². The van der Waals surface area contributed by atoms with Crippen LogP contribution in [0.2, 0.25) is 10.3 Å². The molecular formula is C11H7Cl2N3O4. The van der Waals surface area contributed by atoms with Crippen LogP contribution in [0, 0.1) is 10.1 Å². The van der Waals surface area contributed by atoms with Crippen LogP contribution in [0.5, 0.6) is 17.4 Å². The number of non-ortho nitro benzene ring substituents is 1. The molecule has 2 rings (SSSR count). The van der Waals surface area contributed by atoms with Crippen LogP contribution in [0.25, 0.3) is 0 Å². The van der Waals surface area contributed by atoms with Crippen molar-refractivity contribution in [1.82, 2.24) is 9.97 Å². The lowest BCUT2D eigenvalue weighted by Crippen LogP contribution is -1.96. The summed E-state index contributed by atoms with van der Waals surface area (Å²) >= 11 is 11.5. The van der Waals surface area contributed by atoms with E-state index in [1.54, 1.807) is 0 Å². The summed E-state index contributed by atoms with van der Waals surface area (Å²) in [5.74, 6) is 0.366. The molecule has 0 unspecified atom stereocenters. The van der Waals surface area contributed by atoms with Gasteiger partial charge in [0.1, 0.15) is 5.02 Å². The Morgan fingerprint density at radius 1 is 1.30 bits per heavy atom. The first kappa shape index (κ1) is 14.3. The molecule has 0 saturated heterocycles. The van der Waals surface area contributed by atoms with E-state index in [4.69, 9.17) is 32.7 Å². The molecule has 0 N–H and O–H groups in total. The van der Waals surface area contributed by atoms with Gasteiger partial charge in [0, 0.05) is 6.07 Å². The third-order valence-electron chi connectivity index (χ3n) is 2.25. The fourth-order valence-electron chi connectivity index (χ4n) is 1.37. The van der Waals surface area contributed by atoms with Gasteiger partial charge in [-0.3, -0.25) is 10.1 Å². The molecule has 0 aliphatic carbocycles. The largest absolute Gasteiger partial charge is 0.493 e. The smallest absolute Gasteiger partial charge is 0.273 e. The Hall–Kier alpha value is -2.12. The van der Waals surface area contributed by atoms with Crippen molar-refractivity contribution in [3.63, 3.8) is 0 Å². The maximum absolute atomic E-state index is 10.8. The quantitative estimate of drug-likeness (QED) is 0.487. The molecule has 0 radical (unpaired) electrons. The predicted octanol–water partition coefficient (Wildman–Crippen LogP) is 3.49. The summed E-state index contributed by atoms with van der Waals surface area (Å²) in [5, 5.41) is 10.8. The number of aromatic nitrogens is 2. The molecule has 1 aromatic carbocycles. The van der Waals surface area contributed by atoms with Crippen molar-refractivity contribution in [3.8, 4) is 17.4 Å². The molecule has 0 atom stereocenters. The fourth-order valence-corrected chi connectivity index (χ4v) is 1.62. The lowest BCUT2D eigenvalue weighted by Gasteiger charge is -2.10. The number of ether oxygens (including phenoxy) is 2. The van der Waals surface area contributed by atoms with Crippen LogP contribution >= 0.6 is 23.2 Å². The van der Waals surface area contributed by atoms with E-state index in [9.17, 15) is 10.1 Å². The van der Waals surface area contributed by atoms with Gasteiger partial charge in [-0.25, -0.2) is 4.98 Å². The third kappa shape index (κ3) is 3.06. The van der Waals surface area contributed by atoms with Crippen molar-refractivity contribution < 1.29 is 14.4 Å². The van der Waals surface area contributed by atoms with Crippen molar-refractivity contribution in [3.05, 3.63) is 44.8 Å². The first-order chi connectivity index (χ1) is 9.51. The van der Waals surface area contributed by atoms with E-state index >= 15 is 0 Å². The second-order valence-electron chi connectivity index (χ2n) is 3.49. The third-order valence-corrected chi connectivity index (χ3v) is 2.69. The van der Waals surface area contributed by atoms with Crippen LogP contribution in [0.3, 0.4) is 0 Å². The average molecular weight is 316 g/mol. The number of hydrogen-bond acceptors (Lipinski definition) is 6. The maximum Gasteiger partial charge on any atom is 0.273 e. The molecule has 0 aliphatic rings. The first-order valence-corrected chi connectivity index (χ1v) is 5.95. The van der Waals surface area contributed by atoms with Crippen molar-refractivity contribution >= 4 is 28.9 Å². The summed E-state index contributed by atoms with van der Waals surface area (Å²) in [6.07, 6.45) is 1.26. The van der Waals surface area contributed by atoms with Gasteiger partial charge in [-0.2, -0.15) is 4.98 Å². The number of rotatable bonds is 4. The molecule has 7 nitrogen and oxygen atoms in total. The van der Waals surface area contributed by atoms with E-state index in [-0.39, 0.29) is 27.6 Å². The summed E-state index contributed by atoms with van der Waals surface area (Å²) in [4.78, 5) is 17.7. The molecule has 20 heavy (non-hydrogen) atoms. The molecule has 0 bridgehead atoms. The summed E-state index contributed by atoms with van der Waals surface area (Å²) < 4.78 is 10.5. The zero-order chi connectivity index (χ0) is 14.7. The van der Waals surface area contributed by atoms with Crippen LogP contribution in [0.15, 0.2) is 24.4 Å². The summed E-state index contributed by atoms with van der Waals surface area (Å²) in [5.41, 5.74) is -0.155. The van der Waals surface area contributed by atoms with Gasteiger partial charge in [0.25, 0.3) is 5.69 Å². The lowest BCUT2D eigenvalue weighted by molar-refractivity contribution is -0.384. The highest BCUT2D eigenvalue weighted by atomic mass is 35.5. The van der Waals surface area contributed by atoms with Crippen LogP contribution in [0.1, 0.15) is 0 Å². The van der Waals surface area contributed by atoms with Gasteiger partial charge in [0.05, 0.1) is 24.3 Å². The van der Waals surface area contributed by atoms with Crippen LogP contribution in [0.4, 0.5) is 5.69 Å². The van der Waals surface area contributed by atoms with E-state index < -0.39 is 4.92 Å². The first-order valence-electron chi connectivity index (χ1n) is 5.19. The van der Waals surface area contributed by atoms with Crippen molar-refractivity contribution in [2.75, 3.05) is 7.11 Å². The highest BCUT2D eigenvalue weighted by molar-refractivity contribution is 6.32. The van der Waals surface area contributed by atoms with Crippen LogP contribution in [-0.4, -0.2) is 22.0 Å². The number of nitrogens with zero attached hydrogens (tertiary/aromatic N) is 3. The molecule has 0 saturated carbocycles. The van der Waals surface area contributed by atoms with E-state index in [0.29, 0.717) is 5.75 Å². The Balaban J connectivity index is 2.43. The Morgan fingerprint density at radius 3 is 2.70 bits per heavy atom. The predicted molar refractivity (Wildman–Crippen MR) is 71.8 cm³/mol. The minimum absolute atomic E-state index is 0.0227. The van der Waals surface area contributed by atoms with E-state index in [1.165, 1.54) is 31.5 Å². The number of nitro benzene ring substituents is 1. The van der Waals surface area contributed by atoms with Gasteiger partial charge in [-0.05, 0) is 17.7 Å². The molecular weight excluding hydrogens is 309 g/mol. The van der Waals surface area contributed by atoms with E-state index in [2.05, 4.69) is 9.97 Å². The molecule has 9 heteroatoms. The zero-order valence-electron chi connectivity index (χ0n) is 10.0. The number of methoxy groups -OCH3 is 1. The molecule has 1 aromatic heterocycles. The molecule has 0 spiro atoms. The number of halogens is 2. The molecule has 104 valence electrons. The minimum Gasteiger partial charge on any atom is -0.493 e. The summed E-state index contributed by atoms with van der Waals surface area (Å²) in [6.45, 7) is 0. The van der Waals surface area contributed by atoms with Gasteiger partial charge < -0.3 is 9.47 Å². The summed E-state index contributed by atoms with van der Waals surface area (Å²) in [6, 6.07) is 3.90. The second kappa shape index (κ2) is 5.89. The van der Waals surface area contributed by atoms with Crippen molar-refractivity contribution in [1.29, 1.82) is 0 Å². The summed E-state index contributed by atoms with van der Waals surface area (Å²) in [7, 11) is 1.41. The standard InChI is InChI=1S/C11H7Cl2N3O4/c1-19-8-3-2-6(16(17)18)4-9(8)20-10-7(12)5-14-11(13)15-10/h2-5H,1H3. The monoisotopic (exact) mass is 315 g/mol. The fraction of sp³-hybridized carbons (Fsp3) is 0.0909. The Morgan fingerprint density at radius 2 is 2.05 bits per heavy atom. The minimum atomic E-state index is -0.555. The zero-order valence-corrected chi connectivity index (χ0v) is 11.6. The number of nitro groups is 1. The molecule has 0 amide bonds. The average Bonchev–Trinajstić information content (AvgIpc) is 2.42. The van der Waals surface area contributed by atoms with Gasteiger partial charge in [0.2, 0.25) is 11.2 Å². The highest BCUT2D eigenvalue weighted by Crippen LogP contribution is 2.36. The Kier molecular flexibility index (Phi) is 4.21. The normalized spacial score (nSPS) is 10.2. The van der Waals surface area contributed by atoms with Gasteiger partial charge in [-0.15, -0.1) is 0 Å². The highest BCUT2D eigenvalue weighted by Gasteiger charge is 2.15. The molecule has 2 aromatic rings. The van der Waals surface area contributed by atoms with E-state index in [0.717, 1.165) is 0 Å². The number of benzene rings is 1. The van der Waals surface area contributed by atoms with Gasteiger partial charge >= 0.3 is 0 Å². The van der Waals surface area contributed by atoms with Crippen LogP contribution in [-0.2, 0) is 0 Å². The van der Waals surface area contributed by atoms with Crippen LogP contribution < -0.4 is 9.47 Å². The second-order valence-corrected chi connectivity index (χ2v) is 4.23. The number of hydrogen-bond donors (Lipinski definition) is 0. The van der Waals surface area contributed by atoms with Crippen molar-refractivity contribution in [2.45, 2.75) is 0 Å². The molecule has 0 fully saturated rings. The Bertz CT molecular complexity index is 666. The Labute approximate surface area is 123 Å². The molecule has 0 aliphatic heterocycles. The van der Waals surface area contributed by atoms with Crippen molar-refractivity contribution in [2.24, 2.45) is 0 Å². The molecule has 1 heterocycles. The van der Waals surface area contributed by atoms with Gasteiger partial charge in [-0.1, -0.05) is 11.6 Å². The SMILES string of the molecule is COc1ccc([N+](=O)[O-])cc1Oc1nc(Cl)ncc1Cl. The van der Waals surface area contributed by atoms with E-state index in [1.807, 2.05) is 0 Å². The van der Waals surface area contributed by atoms with Gasteiger partial charge in [0.15, 0.2) is 11.5 Å². The lowest BCUT2D eigenvalue weighted by atomic mass is 10.3. The maximum atomic E-state index is 10.8.